The largest absolute Gasteiger partial charge is 1.00 e. The van der Waals surface area contributed by atoms with Gasteiger partial charge in [0, 0.05) is 0 Å². The van der Waals surface area contributed by atoms with Gasteiger partial charge in [-0.05, 0) is 0 Å². The second kappa shape index (κ2) is 14.5. The molecule has 0 aliphatic carbocycles. The molecular weight excluding hydrogens is 396 g/mol. The van der Waals surface area contributed by atoms with E-state index in [0.717, 1.165) is 0 Å². The van der Waals surface area contributed by atoms with E-state index in [4.69, 9.17) is 4.74 Å². The van der Waals surface area contributed by atoms with Crippen molar-refractivity contribution in [3.8, 4) is 0 Å². The molecule has 4 heteroatoms. The Hall–Kier alpha value is 0.480. The Kier molecular flexibility index (Phi) is 16.9. The fraction of sp³-hybridized carbons (Fsp3) is 0.769. The Morgan fingerprint density at radius 3 is 2.06 bits per heavy atom. The maximum absolute atomic E-state index is 11.2. The molecule has 0 atom stereocenters. The first-order valence-corrected chi connectivity index (χ1v) is 10.9. The van der Waals surface area contributed by atoms with E-state index in [0.29, 0.717) is 6.61 Å². The molecule has 0 rings (SSSR count). The van der Waals surface area contributed by atoms with Crippen LogP contribution in [0.4, 0.5) is 0 Å². The minimum Gasteiger partial charge on any atom is -1.00 e. The molecule has 0 aliphatic heterocycles. The summed E-state index contributed by atoms with van der Waals surface area (Å²) >= 11 is -1.14. The third kappa shape index (κ3) is 12.7. The normalized spacial score (nSPS) is 10.6. The van der Waals surface area contributed by atoms with Crippen molar-refractivity contribution in [3.63, 3.8) is 0 Å². The molecule has 0 spiro atoms. The SMILES string of the molecule is CCCC[Te+](/C=C/C(=O)OCC)CCCC.[Br-]. The summed E-state index contributed by atoms with van der Waals surface area (Å²) in [4.78, 5) is 11.2. The van der Waals surface area contributed by atoms with Gasteiger partial charge < -0.3 is 17.0 Å². The van der Waals surface area contributed by atoms with Crippen LogP contribution in [-0.2, 0) is 9.53 Å². The molecule has 0 aromatic carbocycles. The van der Waals surface area contributed by atoms with E-state index in [2.05, 4.69) is 18.0 Å². The van der Waals surface area contributed by atoms with E-state index in [1.807, 2.05) is 6.92 Å². The number of rotatable bonds is 9. The smallest absolute Gasteiger partial charge is 1.00 e. The average Bonchev–Trinajstić information content (AvgIpc) is 2.28. The van der Waals surface area contributed by atoms with Crippen LogP contribution in [-0.4, -0.2) is 32.1 Å². The number of hydrogen-bond acceptors (Lipinski definition) is 2. The van der Waals surface area contributed by atoms with Crippen LogP contribution in [0.5, 0.6) is 0 Å². The predicted molar refractivity (Wildman–Crippen MR) is 71.0 cm³/mol. The number of hydrogen-bond donors (Lipinski definition) is 0. The minimum absolute atomic E-state index is 0. The van der Waals surface area contributed by atoms with Crippen molar-refractivity contribution in [2.45, 2.75) is 55.4 Å². The molecule has 0 unspecified atom stereocenters. The average molecular weight is 421 g/mol. The van der Waals surface area contributed by atoms with E-state index >= 15 is 0 Å². The Balaban J connectivity index is 0. The first-order chi connectivity index (χ1) is 7.74. The summed E-state index contributed by atoms with van der Waals surface area (Å²) in [5.74, 6) is -0.165. The van der Waals surface area contributed by atoms with E-state index < -0.39 is 19.6 Å². The van der Waals surface area contributed by atoms with Gasteiger partial charge in [-0.15, -0.1) is 0 Å². The fourth-order valence-electron chi connectivity index (χ4n) is 1.24. The number of halogens is 1. The summed E-state index contributed by atoms with van der Waals surface area (Å²) in [5.41, 5.74) is 0. The molecule has 0 radical (unpaired) electrons. The van der Waals surface area contributed by atoms with E-state index in [1.165, 1.54) is 34.6 Å². The second-order valence-corrected chi connectivity index (χ2v) is 9.88. The summed E-state index contributed by atoms with van der Waals surface area (Å²) in [6.45, 7) is 6.77. The van der Waals surface area contributed by atoms with Crippen LogP contribution in [0.2, 0.25) is 8.94 Å². The van der Waals surface area contributed by atoms with Gasteiger partial charge in [0.2, 0.25) is 0 Å². The van der Waals surface area contributed by atoms with Crippen LogP contribution >= 0.6 is 0 Å². The van der Waals surface area contributed by atoms with Crippen molar-refractivity contribution in [3.05, 3.63) is 10.2 Å². The standard InChI is InChI=1S/C13H25O2Te.BrH/c1-4-7-10-16(11-8-5-2)12-9-13(14)15-6-3;/h9,12H,4-8,10-11H2,1-3H3;1H/q+1;/p-1/b12-9+;. The number of ether oxygens (including phenoxy) is 1. The molecule has 0 heterocycles. The summed E-state index contributed by atoms with van der Waals surface area (Å²) in [6.07, 6.45) is 6.82. The molecule has 102 valence electrons. The van der Waals surface area contributed by atoms with Gasteiger partial charge in [-0.1, -0.05) is 0 Å². The second-order valence-electron chi connectivity index (χ2n) is 3.71. The number of carbonyl (C=O) groups is 1. The number of esters is 1. The van der Waals surface area contributed by atoms with Crippen molar-refractivity contribution in [2.24, 2.45) is 0 Å². The maximum Gasteiger partial charge on any atom is -1.00 e. The molecule has 0 fully saturated rings. The quantitative estimate of drug-likeness (QED) is 0.312. The van der Waals surface area contributed by atoms with Crippen molar-refractivity contribution in [1.82, 2.24) is 0 Å². The van der Waals surface area contributed by atoms with E-state index in [9.17, 15) is 4.79 Å². The monoisotopic (exact) mass is 422 g/mol. The van der Waals surface area contributed by atoms with Crippen LogP contribution in [0.1, 0.15) is 46.5 Å². The molecule has 0 aromatic rings. The predicted octanol–water partition coefficient (Wildman–Crippen LogP) is 0.744. The minimum atomic E-state index is -1.14. The molecule has 0 N–H and O–H groups in total. The van der Waals surface area contributed by atoms with Gasteiger partial charge in [0.15, 0.2) is 0 Å². The van der Waals surface area contributed by atoms with Gasteiger partial charge >= 0.3 is 107 Å². The van der Waals surface area contributed by atoms with Gasteiger partial charge in [-0.3, -0.25) is 0 Å². The van der Waals surface area contributed by atoms with Gasteiger partial charge in [-0.25, -0.2) is 0 Å². The molecular formula is C13H25BrO2Te. The van der Waals surface area contributed by atoms with E-state index in [1.54, 1.807) is 6.08 Å². The van der Waals surface area contributed by atoms with Gasteiger partial charge in [-0.2, -0.15) is 0 Å². The van der Waals surface area contributed by atoms with Gasteiger partial charge in [0.25, 0.3) is 0 Å². The molecule has 0 saturated carbocycles. The van der Waals surface area contributed by atoms with Crippen molar-refractivity contribution in [1.29, 1.82) is 0 Å². The van der Waals surface area contributed by atoms with Crippen LogP contribution in [0.3, 0.4) is 0 Å². The van der Waals surface area contributed by atoms with Crippen LogP contribution in [0.25, 0.3) is 0 Å². The third-order valence-electron chi connectivity index (χ3n) is 2.20. The van der Waals surface area contributed by atoms with Gasteiger partial charge in [0.05, 0.1) is 0 Å². The van der Waals surface area contributed by atoms with Crippen molar-refractivity contribution >= 4 is 25.5 Å². The van der Waals surface area contributed by atoms with Crippen LogP contribution in [0.15, 0.2) is 10.2 Å². The first-order valence-electron chi connectivity index (χ1n) is 6.25. The van der Waals surface area contributed by atoms with Gasteiger partial charge in [0.1, 0.15) is 0 Å². The molecule has 0 amide bonds. The zero-order valence-electron chi connectivity index (χ0n) is 11.2. The number of unbranched alkanes of at least 4 members (excludes halogenated alkanes) is 2. The van der Waals surface area contributed by atoms with E-state index in [-0.39, 0.29) is 23.0 Å². The Morgan fingerprint density at radius 2 is 1.65 bits per heavy atom. The van der Waals surface area contributed by atoms with Crippen molar-refractivity contribution in [2.75, 3.05) is 6.61 Å². The third-order valence-corrected chi connectivity index (χ3v) is 8.33. The Labute approximate surface area is 124 Å². The molecule has 0 aliphatic rings. The maximum atomic E-state index is 11.2. The molecule has 17 heavy (non-hydrogen) atoms. The molecule has 0 saturated heterocycles. The summed E-state index contributed by atoms with van der Waals surface area (Å²) in [7, 11) is 0. The topological polar surface area (TPSA) is 26.3 Å². The summed E-state index contributed by atoms with van der Waals surface area (Å²) in [6, 6.07) is 0. The Morgan fingerprint density at radius 1 is 1.12 bits per heavy atom. The molecule has 0 bridgehead atoms. The zero-order valence-corrected chi connectivity index (χ0v) is 15.1. The number of carbonyl (C=O) groups excluding carboxylic acids is 1. The zero-order chi connectivity index (χ0) is 12.2. The fourth-order valence-corrected chi connectivity index (χ4v) is 7.23. The molecule has 0 aromatic heterocycles. The van der Waals surface area contributed by atoms with Crippen LogP contribution in [0, 0.1) is 0 Å². The molecule has 2 nitrogen and oxygen atoms in total. The van der Waals surface area contributed by atoms with Crippen LogP contribution < -0.4 is 17.0 Å². The Bertz CT molecular complexity index is 200. The summed E-state index contributed by atoms with van der Waals surface area (Å²) in [5, 5.41) is 0. The van der Waals surface area contributed by atoms with Crippen molar-refractivity contribution < 1.29 is 26.5 Å². The summed E-state index contributed by atoms with van der Waals surface area (Å²) < 4.78 is 9.82. The first kappa shape index (κ1) is 19.8.